The molecule has 1 fully saturated rings. The summed E-state index contributed by atoms with van der Waals surface area (Å²) in [5.41, 5.74) is 0.595. The van der Waals surface area contributed by atoms with E-state index in [9.17, 15) is 4.79 Å². The molecule has 0 aliphatic carbocycles. The summed E-state index contributed by atoms with van der Waals surface area (Å²) in [6.07, 6.45) is 4.15. The first-order chi connectivity index (χ1) is 12.2. The number of likely N-dealkylation sites (tertiary alicyclic amines) is 1. The van der Waals surface area contributed by atoms with Gasteiger partial charge in [0.15, 0.2) is 17.1 Å². The van der Waals surface area contributed by atoms with Crippen LogP contribution in [-0.4, -0.2) is 42.1 Å². The van der Waals surface area contributed by atoms with Gasteiger partial charge in [0.1, 0.15) is 11.9 Å². The van der Waals surface area contributed by atoms with Crippen LogP contribution in [0, 0.1) is 0 Å². The number of amides is 1. The zero-order valence-electron chi connectivity index (χ0n) is 13.8. The van der Waals surface area contributed by atoms with Gasteiger partial charge < -0.3 is 18.8 Å². The summed E-state index contributed by atoms with van der Waals surface area (Å²) in [5.74, 6) is 1.59. The highest BCUT2D eigenvalue weighted by Crippen LogP contribution is 2.29. The molecule has 25 heavy (non-hydrogen) atoms. The minimum Gasteiger partial charge on any atom is -0.493 e. The molecule has 0 N–H and O–H groups in total. The highest BCUT2D eigenvalue weighted by atomic mass is 16.5. The van der Waals surface area contributed by atoms with Crippen molar-refractivity contribution >= 4 is 16.9 Å². The second-order valence-corrected chi connectivity index (χ2v) is 5.95. The van der Waals surface area contributed by atoms with Gasteiger partial charge in [-0.25, -0.2) is 0 Å². The zero-order valence-corrected chi connectivity index (χ0v) is 13.8. The third kappa shape index (κ3) is 3.03. The van der Waals surface area contributed by atoms with Gasteiger partial charge in [0, 0.05) is 30.7 Å². The summed E-state index contributed by atoms with van der Waals surface area (Å²) < 4.78 is 16.9. The lowest BCUT2D eigenvalue weighted by atomic mass is 10.2. The number of pyridine rings is 1. The van der Waals surface area contributed by atoms with Crippen LogP contribution >= 0.6 is 0 Å². The molecule has 1 atom stereocenters. The van der Waals surface area contributed by atoms with Crippen molar-refractivity contribution in [3.05, 3.63) is 54.6 Å². The van der Waals surface area contributed by atoms with Crippen LogP contribution in [0.2, 0.25) is 0 Å². The second-order valence-electron chi connectivity index (χ2n) is 5.95. The number of para-hydroxylation sites is 1. The predicted octanol–water partition coefficient (Wildman–Crippen LogP) is 3.13. The number of aromatic nitrogens is 1. The van der Waals surface area contributed by atoms with Crippen LogP contribution in [0.25, 0.3) is 11.0 Å². The molecule has 1 aliphatic heterocycles. The first-order valence-electron chi connectivity index (χ1n) is 8.17. The van der Waals surface area contributed by atoms with Crippen LogP contribution in [0.3, 0.4) is 0 Å². The molecule has 3 aromatic rings. The maximum Gasteiger partial charge on any atom is 0.289 e. The van der Waals surface area contributed by atoms with Gasteiger partial charge >= 0.3 is 0 Å². The fourth-order valence-electron chi connectivity index (χ4n) is 3.08. The van der Waals surface area contributed by atoms with E-state index in [1.54, 1.807) is 30.5 Å². The molecular formula is C19H18N2O4. The third-order valence-corrected chi connectivity index (χ3v) is 4.32. The number of fused-ring (bicyclic) bond motifs is 1. The Hall–Kier alpha value is -3.02. The van der Waals surface area contributed by atoms with E-state index in [2.05, 4.69) is 4.98 Å². The first-order valence-corrected chi connectivity index (χ1v) is 8.17. The highest BCUT2D eigenvalue weighted by molar-refractivity contribution is 5.97. The molecule has 2 aromatic heterocycles. The molecule has 1 aliphatic rings. The summed E-state index contributed by atoms with van der Waals surface area (Å²) in [7, 11) is 1.58. The molecule has 0 spiro atoms. The molecule has 4 rings (SSSR count). The molecule has 0 bridgehead atoms. The molecule has 1 saturated heterocycles. The lowest BCUT2D eigenvalue weighted by Crippen LogP contribution is -2.30. The van der Waals surface area contributed by atoms with E-state index in [1.165, 1.54) is 0 Å². The number of carbonyl (C=O) groups is 1. The summed E-state index contributed by atoms with van der Waals surface area (Å²) in [6, 6.07) is 11.0. The van der Waals surface area contributed by atoms with Gasteiger partial charge in [-0.15, -0.1) is 0 Å². The van der Waals surface area contributed by atoms with E-state index in [0.29, 0.717) is 30.2 Å². The van der Waals surface area contributed by atoms with Crippen molar-refractivity contribution in [2.24, 2.45) is 0 Å². The van der Waals surface area contributed by atoms with E-state index in [4.69, 9.17) is 13.9 Å². The summed E-state index contributed by atoms with van der Waals surface area (Å²) in [5, 5.41) is 0.853. The number of hydrogen-bond donors (Lipinski definition) is 0. The van der Waals surface area contributed by atoms with Crippen molar-refractivity contribution in [3.8, 4) is 11.5 Å². The van der Waals surface area contributed by atoms with Crippen LogP contribution < -0.4 is 9.47 Å². The topological polar surface area (TPSA) is 64.8 Å². The maximum atomic E-state index is 12.7. The third-order valence-electron chi connectivity index (χ3n) is 4.32. The first kappa shape index (κ1) is 15.5. The standard InChI is InChI=1S/C19H18N2O4/c1-23-16-4-2-3-13-11-17(25-18(13)16)19(22)21-10-7-15(12-21)24-14-5-8-20-9-6-14/h2-6,8-9,11,15H,7,10,12H2,1H3. The highest BCUT2D eigenvalue weighted by Gasteiger charge is 2.30. The van der Waals surface area contributed by atoms with Crippen molar-refractivity contribution < 1.29 is 18.7 Å². The van der Waals surface area contributed by atoms with Crippen LogP contribution in [0.1, 0.15) is 17.0 Å². The van der Waals surface area contributed by atoms with E-state index >= 15 is 0 Å². The maximum absolute atomic E-state index is 12.7. The largest absolute Gasteiger partial charge is 0.493 e. The molecule has 3 heterocycles. The monoisotopic (exact) mass is 338 g/mol. The van der Waals surface area contributed by atoms with Crippen LogP contribution in [0.5, 0.6) is 11.5 Å². The lowest BCUT2D eigenvalue weighted by molar-refractivity contribution is 0.0743. The Balaban J connectivity index is 1.48. The number of hydrogen-bond acceptors (Lipinski definition) is 5. The molecule has 6 heteroatoms. The average Bonchev–Trinajstić information content (AvgIpc) is 3.28. The molecule has 0 saturated carbocycles. The van der Waals surface area contributed by atoms with Crippen LogP contribution in [-0.2, 0) is 0 Å². The van der Waals surface area contributed by atoms with Crippen LogP contribution in [0.4, 0.5) is 0 Å². The zero-order chi connectivity index (χ0) is 17.2. The molecule has 0 radical (unpaired) electrons. The van der Waals surface area contributed by atoms with E-state index < -0.39 is 0 Å². The number of benzene rings is 1. The smallest absolute Gasteiger partial charge is 0.289 e. The van der Waals surface area contributed by atoms with E-state index in [0.717, 1.165) is 17.6 Å². The number of ether oxygens (including phenoxy) is 2. The van der Waals surface area contributed by atoms with Crippen molar-refractivity contribution in [1.29, 1.82) is 0 Å². The Kier molecular flexibility index (Phi) is 4.01. The molecule has 1 aromatic carbocycles. The Bertz CT molecular complexity index is 891. The van der Waals surface area contributed by atoms with Crippen molar-refractivity contribution in [2.75, 3.05) is 20.2 Å². The summed E-state index contributed by atoms with van der Waals surface area (Å²) in [6.45, 7) is 1.18. The Morgan fingerprint density at radius 3 is 2.92 bits per heavy atom. The summed E-state index contributed by atoms with van der Waals surface area (Å²) in [4.78, 5) is 18.5. The average molecular weight is 338 g/mol. The van der Waals surface area contributed by atoms with Gasteiger partial charge in [-0.05, 0) is 24.3 Å². The minimum absolute atomic E-state index is 0.0229. The molecule has 128 valence electrons. The van der Waals surface area contributed by atoms with E-state index in [-0.39, 0.29) is 12.0 Å². The Morgan fingerprint density at radius 2 is 2.12 bits per heavy atom. The normalized spacial score (nSPS) is 17.0. The quantitative estimate of drug-likeness (QED) is 0.731. The SMILES string of the molecule is COc1cccc2cc(C(=O)N3CCC(Oc4ccncc4)C3)oc12. The van der Waals surface area contributed by atoms with Gasteiger partial charge in [-0.1, -0.05) is 12.1 Å². The second kappa shape index (κ2) is 6.47. The number of furan rings is 1. The Labute approximate surface area is 145 Å². The molecule has 1 unspecified atom stereocenters. The molecule has 6 nitrogen and oxygen atoms in total. The van der Waals surface area contributed by atoms with Gasteiger partial charge in [-0.2, -0.15) is 0 Å². The van der Waals surface area contributed by atoms with E-state index in [1.807, 2.05) is 30.3 Å². The number of nitrogens with zero attached hydrogens (tertiary/aromatic N) is 2. The van der Waals surface area contributed by atoms with Crippen molar-refractivity contribution in [1.82, 2.24) is 9.88 Å². The van der Waals surface area contributed by atoms with Crippen LogP contribution in [0.15, 0.2) is 53.2 Å². The lowest BCUT2D eigenvalue weighted by Gasteiger charge is -2.16. The molecular weight excluding hydrogens is 320 g/mol. The number of rotatable bonds is 4. The van der Waals surface area contributed by atoms with Crippen molar-refractivity contribution in [3.63, 3.8) is 0 Å². The van der Waals surface area contributed by atoms with Gasteiger partial charge in [0.05, 0.1) is 13.7 Å². The van der Waals surface area contributed by atoms with Gasteiger partial charge in [0.2, 0.25) is 0 Å². The predicted molar refractivity (Wildman–Crippen MR) is 91.9 cm³/mol. The minimum atomic E-state index is -0.126. The molecule has 1 amide bonds. The fraction of sp³-hybridized carbons (Fsp3) is 0.263. The number of carbonyl (C=O) groups excluding carboxylic acids is 1. The summed E-state index contributed by atoms with van der Waals surface area (Å²) >= 11 is 0. The van der Waals surface area contributed by atoms with Gasteiger partial charge in [-0.3, -0.25) is 9.78 Å². The van der Waals surface area contributed by atoms with Gasteiger partial charge in [0.25, 0.3) is 5.91 Å². The van der Waals surface area contributed by atoms with Crippen molar-refractivity contribution in [2.45, 2.75) is 12.5 Å². The fourth-order valence-corrected chi connectivity index (χ4v) is 3.08. The number of methoxy groups -OCH3 is 1. The Morgan fingerprint density at radius 1 is 1.28 bits per heavy atom.